The summed E-state index contributed by atoms with van der Waals surface area (Å²) in [5, 5.41) is 15.3. The molecule has 1 saturated carbocycles. The van der Waals surface area contributed by atoms with E-state index < -0.39 is 0 Å². The predicted octanol–water partition coefficient (Wildman–Crippen LogP) is 2.93. The van der Waals surface area contributed by atoms with Gasteiger partial charge in [0, 0.05) is 37.7 Å². The Morgan fingerprint density at radius 2 is 1.91 bits per heavy atom. The average molecular weight is 487 g/mol. The molecule has 182 valence electrons. The molecule has 1 saturated heterocycles. The maximum Gasteiger partial charge on any atom is 0.409 e. The monoisotopic (exact) mass is 486 g/mol. The lowest BCUT2D eigenvalue weighted by Gasteiger charge is -2.31. The maximum atomic E-state index is 12.6. The van der Waals surface area contributed by atoms with Gasteiger partial charge in [-0.15, -0.1) is 10.2 Å². The van der Waals surface area contributed by atoms with Crippen molar-refractivity contribution in [3.63, 3.8) is 0 Å². The Labute approximate surface area is 202 Å². The molecule has 0 spiro atoms. The van der Waals surface area contributed by atoms with Crippen LogP contribution in [0.4, 0.5) is 10.5 Å². The Morgan fingerprint density at radius 1 is 1.15 bits per heavy atom. The van der Waals surface area contributed by atoms with Gasteiger partial charge in [-0.25, -0.2) is 4.79 Å². The number of aromatic nitrogens is 3. The molecule has 0 bridgehead atoms. The van der Waals surface area contributed by atoms with Crippen LogP contribution in [0, 0.1) is 0 Å². The lowest BCUT2D eigenvalue weighted by atomic mass is 10.1. The van der Waals surface area contributed by atoms with Crippen LogP contribution in [0.25, 0.3) is 5.69 Å². The van der Waals surface area contributed by atoms with Crippen LogP contribution in [0.5, 0.6) is 0 Å². The molecule has 2 aliphatic rings. The fraction of sp³-hybridized carbons (Fsp3) is 0.522. The molecule has 34 heavy (non-hydrogen) atoms. The zero-order chi connectivity index (χ0) is 24.1. The van der Waals surface area contributed by atoms with Gasteiger partial charge in [0.05, 0.1) is 18.0 Å². The van der Waals surface area contributed by atoms with Crippen molar-refractivity contribution in [1.29, 1.82) is 0 Å². The second kappa shape index (κ2) is 10.9. The molecule has 11 heteroatoms. The first-order valence-corrected chi connectivity index (χ1v) is 12.6. The lowest BCUT2D eigenvalue weighted by Crippen LogP contribution is -2.47. The van der Waals surface area contributed by atoms with Gasteiger partial charge in [0.15, 0.2) is 5.16 Å². The number of hydrogen-bond acceptors (Lipinski definition) is 7. The number of likely N-dealkylation sites (tertiary alicyclic amines) is 1. The number of amides is 3. The van der Waals surface area contributed by atoms with Gasteiger partial charge >= 0.3 is 6.09 Å². The Bertz CT molecular complexity index is 1050. The standard InChI is InChI=1S/C23H30N6O4S/c1-3-33-23(32)28-11-9-17(10-12-28)25-20(31)14-34-22-27-26-21(16-7-8-16)29(22)19-6-4-5-18(13-19)24-15(2)30/h4-6,13,16-17H,3,7-12,14H2,1-2H3,(H,24,30)(H,25,31). The topological polar surface area (TPSA) is 118 Å². The van der Waals surface area contributed by atoms with E-state index in [-0.39, 0.29) is 29.7 Å². The normalized spacial score (nSPS) is 16.2. The molecule has 2 heterocycles. The van der Waals surface area contributed by atoms with E-state index in [2.05, 4.69) is 20.8 Å². The van der Waals surface area contributed by atoms with Crippen molar-refractivity contribution in [2.45, 2.75) is 56.6 Å². The van der Waals surface area contributed by atoms with E-state index in [1.165, 1.54) is 18.7 Å². The summed E-state index contributed by atoms with van der Waals surface area (Å²) >= 11 is 1.34. The van der Waals surface area contributed by atoms with E-state index >= 15 is 0 Å². The zero-order valence-electron chi connectivity index (χ0n) is 19.5. The molecule has 2 N–H and O–H groups in total. The van der Waals surface area contributed by atoms with Crippen LogP contribution >= 0.6 is 11.8 Å². The molecule has 1 aliphatic heterocycles. The average Bonchev–Trinajstić information content (AvgIpc) is 3.57. The van der Waals surface area contributed by atoms with Crippen LogP contribution in [0.1, 0.15) is 51.3 Å². The number of piperidine rings is 1. The SMILES string of the molecule is CCOC(=O)N1CCC(NC(=O)CSc2nnc(C3CC3)n2-c2cccc(NC(C)=O)c2)CC1. The second-order valence-corrected chi connectivity index (χ2v) is 9.44. The molecule has 0 atom stereocenters. The van der Waals surface area contributed by atoms with E-state index in [0.29, 0.717) is 49.3 Å². The van der Waals surface area contributed by atoms with E-state index in [1.54, 1.807) is 11.8 Å². The van der Waals surface area contributed by atoms with Crippen molar-refractivity contribution in [1.82, 2.24) is 25.0 Å². The zero-order valence-corrected chi connectivity index (χ0v) is 20.3. The molecular formula is C23H30N6O4S. The van der Waals surface area contributed by atoms with E-state index in [4.69, 9.17) is 4.74 Å². The van der Waals surface area contributed by atoms with Crippen LogP contribution in [-0.2, 0) is 14.3 Å². The minimum Gasteiger partial charge on any atom is -0.450 e. The van der Waals surface area contributed by atoms with Gasteiger partial charge < -0.3 is 20.3 Å². The minimum atomic E-state index is -0.295. The number of anilines is 1. The third-order valence-corrected chi connectivity index (χ3v) is 6.67. The van der Waals surface area contributed by atoms with Crippen molar-refractivity contribution in [3.8, 4) is 5.69 Å². The Morgan fingerprint density at radius 3 is 2.59 bits per heavy atom. The molecule has 1 aliphatic carbocycles. The van der Waals surface area contributed by atoms with Gasteiger partial charge in [0.2, 0.25) is 11.8 Å². The van der Waals surface area contributed by atoms with Crippen LogP contribution in [0.2, 0.25) is 0 Å². The molecule has 1 aromatic heterocycles. The Kier molecular flexibility index (Phi) is 7.71. The molecule has 4 rings (SSSR count). The van der Waals surface area contributed by atoms with Gasteiger partial charge in [-0.2, -0.15) is 0 Å². The number of nitrogens with one attached hydrogen (secondary N) is 2. The molecule has 10 nitrogen and oxygen atoms in total. The number of ether oxygens (including phenoxy) is 1. The summed E-state index contributed by atoms with van der Waals surface area (Å²) in [4.78, 5) is 37.6. The molecule has 2 fully saturated rings. The minimum absolute atomic E-state index is 0.0352. The van der Waals surface area contributed by atoms with Gasteiger partial charge in [0.1, 0.15) is 5.82 Å². The molecule has 2 aromatic rings. The van der Waals surface area contributed by atoms with Crippen LogP contribution in [-0.4, -0.2) is 69.1 Å². The number of carbonyl (C=O) groups is 3. The van der Waals surface area contributed by atoms with Gasteiger partial charge in [0.25, 0.3) is 0 Å². The summed E-state index contributed by atoms with van der Waals surface area (Å²) in [5.74, 6) is 1.25. The summed E-state index contributed by atoms with van der Waals surface area (Å²) < 4.78 is 7.03. The molecule has 0 radical (unpaired) electrons. The van der Waals surface area contributed by atoms with Gasteiger partial charge in [-0.05, 0) is 50.8 Å². The molecule has 1 aromatic carbocycles. The fourth-order valence-electron chi connectivity index (χ4n) is 3.97. The number of benzene rings is 1. The van der Waals surface area contributed by atoms with Gasteiger partial charge in [-0.1, -0.05) is 17.8 Å². The number of rotatable bonds is 8. The number of nitrogens with zero attached hydrogens (tertiary/aromatic N) is 4. The first-order chi connectivity index (χ1) is 16.4. The highest BCUT2D eigenvalue weighted by Gasteiger charge is 2.31. The molecule has 3 amide bonds. The smallest absolute Gasteiger partial charge is 0.409 e. The first kappa shape index (κ1) is 24.1. The highest BCUT2D eigenvalue weighted by Crippen LogP contribution is 2.41. The lowest BCUT2D eigenvalue weighted by molar-refractivity contribution is -0.119. The predicted molar refractivity (Wildman–Crippen MR) is 128 cm³/mol. The van der Waals surface area contributed by atoms with Crippen LogP contribution < -0.4 is 10.6 Å². The summed E-state index contributed by atoms with van der Waals surface area (Å²) in [6, 6.07) is 7.58. The number of thioether (sulfide) groups is 1. The summed E-state index contributed by atoms with van der Waals surface area (Å²) in [7, 11) is 0. The largest absolute Gasteiger partial charge is 0.450 e. The summed E-state index contributed by atoms with van der Waals surface area (Å²) in [6.07, 6.45) is 3.25. The molecule has 0 unspecified atom stereocenters. The van der Waals surface area contributed by atoms with Crippen molar-refractivity contribution in [3.05, 3.63) is 30.1 Å². The third-order valence-electron chi connectivity index (χ3n) is 5.74. The number of hydrogen-bond donors (Lipinski definition) is 2. The number of carbonyl (C=O) groups excluding carboxylic acids is 3. The fourth-order valence-corrected chi connectivity index (χ4v) is 4.74. The first-order valence-electron chi connectivity index (χ1n) is 11.6. The summed E-state index contributed by atoms with van der Waals surface area (Å²) in [6.45, 7) is 4.76. The van der Waals surface area contributed by atoms with Crippen LogP contribution in [0.15, 0.2) is 29.4 Å². The van der Waals surface area contributed by atoms with E-state index in [1.807, 2.05) is 28.8 Å². The van der Waals surface area contributed by atoms with Crippen molar-refractivity contribution < 1.29 is 19.1 Å². The Balaban J connectivity index is 1.37. The Hall–Kier alpha value is -3.08. The van der Waals surface area contributed by atoms with Crippen LogP contribution in [0.3, 0.4) is 0 Å². The van der Waals surface area contributed by atoms with Crippen molar-refractivity contribution in [2.75, 3.05) is 30.8 Å². The van der Waals surface area contributed by atoms with Gasteiger partial charge in [-0.3, -0.25) is 14.2 Å². The van der Waals surface area contributed by atoms with Crippen molar-refractivity contribution >= 4 is 35.4 Å². The quantitative estimate of drug-likeness (QED) is 0.551. The highest BCUT2D eigenvalue weighted by atomic mass is 32.2. The van der Waals surface area contributed by atoms with Crippen molar-refractivity contribution in [2.24, 2.45) is 0 Å². The van der Waals surface area contributed by atoms with E-state index in [9.17, 15) is 14.4 Å². The maximum absolute atomic E-state index is 12.6. The second-order valence-electron chi connectivity index (χ2n) is 8.50. The summed E-state index contributed by atoms with van der Waals surface area (Å²) in [5.41, 5.74) is 1.55. The van der Waals surface area contributed by atoms with E-state index in [0.717, 1.165) is 24.4 Å². The third kappa shape index (κ3) is 6.07. The highest BCUT2D eigenvalue weighted by molar-refractivity contribution is 7.99. The molecular weight excluding hydrogens is 456 g/mol.